The van der Waals surface area contributed by atoms with Gasteiger partial charge in [0.15, 0.2) is 0 Å². The second kappa shape index (κ2) is 14.1. The Balaban J connectivity index is 1.77. The molecule has 1 aliphatic carbocycles. The van der Waals surface area contributed by atoms with Gasteiger partial charge in [-0.15, -0.1) is 0 Å². The molecule has 0 aliphatic heterocycles. The van der Waals surface area contributed by atoms with Gasteiger partial charge in [0.1, 0.15) is 6.04 Å². The maximum Gasteiger partial charge on any atom is 0.417 e. The minimum Gasteiger partial charge on any atom is -0.353 e. The summed E-state index contributed by atoms with van der Waals surface area (Å²) < 4.78 is 42.2. The van der Waals surface area contributed by atoms with E-state index in [9.17, 15) is 27.6 Å². The fourth-order valence-electron chi connectivity index (χ4n) is 4.91. The molecular weight excluding hydrogens is 509 g/mol. The van der Waals surface area contributed by atoms with Gasteiger partial charge in [-0.2, -0.15) is 13.2 Å². The molecule has 2 aromatic rings. The van der Waals surface area contributed by atoms with Crippen LogP contribution in [0.5, 0.6) is 0 Å². The number of halogens is 3. The largest absolute Gasteiger partial charge is 0.417 e. The second-order valence-corrected chi connectivity index (χ2v) is 10.00. The molecule has 39 heavy (non-hydrogen) atoms. The lowest BCUT2D eigenvalue weighted by Gasteiger charge is -2.32. The van der Waals surface area contributed by atoms with Crippen LogP contribution < -0.4 is 21.3 Å². The quantitative estimate of drug-likeness (QED) is 0.346. The normalized spacial score (nSPS) is 16.7. The maximum absolute atomic E-state index is 14.1. The van der Waals surface area contributed by atoms with Crippen LogP contribution in [0.1, 0.15) is 56.1 Å². The summed E-state index contributed by atoms with van der Waals surface area (Å²) in [6.45, 7) is 1.49. The Morgan fingerprint density at radius 1 is 0.821 bits per heavy atom. The molecule has 0 radical (unpaired) electrons. The first kappa shape index (κ1) is 30.1. The summed E-state index contributed by atoms with van der Waals surface area (Å²) in [6.07, 6.45) is -1.24. The summed E-state index contributed by atoms with van der Waals surface area (Å²) in [5, 5.41) is 9.69. The highest BCUT2D eigenvalue weighted by molar-refractivity contribution is 5.93. The highest BCUT2D eigenvalue weighted by Crippen LogP contribution is 2.28. The van der Waals surface area contributed by atoms with E-state index in [2.05, 4.69) is 16.0 Å². The Morgan fingerprint density at radius 3 is 1.85 bits per heavy atom. The molecule has 10 heteroatoms. The monoisotopic (exact) mass is 546 g/mol. The first-order valence-electron chi connectivity index (χ1n) is 13.3. The molecular formula is C29H37F3N4O3. The summed E-state index contributed by atoms with van der Waals surface area (Å²) in [7, 11) is 1.57. The van der Waals surface area contributed by atoms with Gasteiger partial charge in [0, 0.05) is 12.5 Å². The first-order chi connectivity index (χ1) is 18.6. The van der Waals surface area contributed by atoms with E-state index in [1.165, 1.54) is 0 Å². The van der Waals surface area contributed by atoms with Crippen molar-refractivity contribution in [1.82, 2.24) is 21.3 Å². The molecule has 0 bridgehead atoms. The minimum absolute atomic E-state index is 0.0994. The minimum atomic E-state index is -5.03. The number of benzene rings is 2. The van der Waals surface area contributed by atoms with E-state index in [1.54, 1.807) is 14.0 Å². The van der Waals surface area contributed by atoms with Gasteiger partial charge in [-0.25, -0.2) is 0 Å². The fraction of sp³-hybridized carbons (Fsp3) is 0.483. The molecule has 3 atom stereocenters. The Labute approximate surface area is 227 Å². The summed E-state index contributed by atoms with van der Waals surface area (Å²) in [4.78, 5) is 38.7. The molecule has 3 amide bonds. The van der Waals surface area contributed by atoms with Crippen molar-refractivity contribution in [1.29, 1.82) is 0 Å². The van der Waals surface area contributed by atoms with Gasteiger partial charge in [0.25, 0.3) is 5.91 Å². The average molecular weight is 547 g/mol. The molecule has 1 aliphatic rings. The molecule has 7 nitrogen and oxygen atoms in total. The molecule has 3 rings (SSSR count). The molecule has 0 saturated heterocycles. The number of hydrogen-bond acceptors (Lipinski definition) is 4. The summed E-state index contributed by atoms with van der Waals surface area (Å²) >= 11 is 0. The van der Waals surface area contributed by atoms with E-state index in [4.69, 9.17) is 0 Å². The number of rotatable bonds is 11. The van der Waals surface area contributed by atoms with E-state index in [-0.39, 0.29) is 12.5 Å². The lowest BCUT2D eigenvalue weighted by atomic mass is 9.83. The molecule has 4 N–H and O–H groups in total. The van der Waals surface area contributed by atoms with Crippen molar-refractivity contribution in [2.45, 2.75) is 69.2 Å². The van der Waals surface area contributed by atoms with Crippen LogP contribution in [0.25, 0.3) is 0 Å². The highest BCUT2D eigenvalue weighted by atomic mass is 19.4. The summed E-state index contributed by atoms with van der Waals surface area (Å²) in [5.74, 6) is -3.57. The van der Waals surface area contributed by atoms with E-state index >= 15 is 0 Å². The smallest absolute Gasteiger partial charge is 0.353 e. The van der Waals surface area contributed by atoms with Gasteiger partial charge < -0.3 is 21.3 Å². The summed E-state index contributed by atoms with van der Waals surface area (Å²) in [6, 6.07) is 13.7. The number of carbonyl (C=O) groups is 3. The fourth-order valence-corrected chi connectivity index (χ4v) is 4.91. The molecule has 212 valence electrons. The lowest BCUT2D eigenvalue weighted by molar-refractivity contribution is -0.172. The zero-order chi connectivity index (χ0) is 28.4. The standard InChI is InChI=1S/C29H37F3N4O3/c1-19(33-2)26(37)35-24(22-16-10-5-11-17-22)27(38)36-25(29(30,31)32)28(39)34-18-23(20-12-6-3-7-13-20)21-14-8-4-9-15-21/h3-4,6-9,12-15,19,22-25,33H,5,10-11,16-18H2,1-2H3,(H,34,39)(H,35,37)(H,36,38)/t19-,24-,25+/m0/s1. The second-order valence-electron chi connectivity index (χ2n) is 10.00. The SMILES string of the molecule is CN[C@@H](C)C(=O)N[C@H](C(=O)N[C@H](C(=O)NCC(c1ccccc1)c1ccccc1)C(F)(F)F)C1CCCCC1. The van der Waals surface area contributed by atoms with Crippen LogP contribution in [-0.2, 0) is 14.4 Å². The third-order valence-electron chi connectivity index (χ3n) is 7.29. The van der Waals surface area contributed by atoms with Crippen LogP contribution in [0.4, 0.5) is 13.2 Å². The number of carbonyl (C=O) groups excluding carboxylic acids is 3. The first-order valence-corrected chi connectivity index (χ1v) is 13.3. The van der Waals surface area contributed by atoms with Crippen molar-refractivity contribution in [3.63, 3.8) is 0 Å². The van der Waals surface area contributed by atoms with Crippen LogP contribution >= 0.6 is 0 Å². The molecule has 0 unspecified atom stereocenters. The van der Waals surface area contributed by atoms with Crippen LogP contribution in [0.15, 0.2) is 60.7 Å². The number of hydrogen-bond donors (Lipinski definition) is 4. The topological polar surface area (TPSA) is 99.3 Å². The van der Waals surface area contributed by atoms with Crippen molar-refractivity contribution < 1.29 is 27.6 Å². The van der Waals surface area contributed by atoms with Crippen molar-refractivity contribution in [3.05, 3.63) is 71.8 Å². The van der Waals surface area contributed by atoms with Gasteiger partial charge in [-0.05, 0) is 43.9 Å². The lowest BCUT2D eigenvalue weighted by Crippen LogP contribution is -2.61. The van der Waals surface area contributed by atoms with Gasteiger partial charge in [0.2, 0.25) is 17.9 Å². The van der Waals surface area contributed by atoms with Crippen LogP contribution in [-0.4, -0.2) is 55.6 Å². The zero-order valence-electron chi connectivity index (χ0n) is 22.3. The Bertz CT molecular complexity index is 1040. The molecule has 0 spiro atoms. The Kier molecular flexibility index (Phi) is 10.9. The third-order valence-corrected chi connectivity index (χ3v) is 7.29. The zero-order valence-corrected chi connectivity index (χ0v) is 22.3. The van der Waals surface area contributed by atoms with Gasteiger partial charge in [-0.3, -0.25) is 14.4 Å². The number of alkyl halides is 3. The van der Waals surface area contributed by atoms with E-state index < -0.39 is 47.9 Å². The summed E-state index contributed by atoms with van der Waals surface area (Å²) in [5.41, 5.74) is 1.66. The van der Waals surface area contributed by atoms with Crippen molar-refractivity contribution in [3.8, 4) is 0 Å². The molecule has 0 aromatic heterocycles. The molecule has 2 aromatic carbocycles. The number of nitrogens with one attached hydrogen (secondary N) is 4. The van der Waals surface area contributed by atoms with Gasteiger partial charge in [0.05, 0.1) is 6.04 Å². The third kappa shape index (κ3) is 8.54. The average Bonchev–Trinajstić information content (AvgIpc) is 2.94. The van der Waals surface area contributed by atoms with E-state index in [0.717, 1.165) is 30.4 Å². The van der Waals surface area contributed by atoms with Gasteiger partial charge >= 0.3 is 6.18 Å². The molecule has 1 fully saturated rings. The van der Waals surface area contributed by atoms with Crippen molar-refractivity contribution in [2.75, 3.05) is 13.6 Å². The molecule has 1 saturated carbocycles. The Hall–Kier alpha value is -3.40. The van der Waals surface area contributed by atoms with Gasteiger partial charge in [-0.1, -0.05) is 79.9 Å². The van der Waals surface area contributed by atoms with E-state index in [0.29, 0.717) is 12.8 Å². The maximum atomic E-state index is 14.1. The number of likely N-dealkylation sites (N-methyl/N-ethyl adjacent to an activating group) is 1. The van der Waals surface area contributed by atoms with Crippen LogP contribution in [0, 0.1) is 5.92 Å². The van der Waals surface area contributed by atoms with Crippen molar-refractivity contribution in [2.24, 2.45) is 5.92 Å². The molecule has 0 heterocycles. The Morgan fingerprint density at radius 2 is 1.36 bits per heavy atom. The predicted molar refractivity (Wildman–Crippen MR) is 143 cm³/mol. The van der Waals surface area contributed by atoms with Crippen LogP contribution in [0.3, 0.4) is 0 Å². The number of amides is 3. The van der Waals surface area contributed by atoms with Crippen LogP contribution in [0.2, 0.25) is 0 Å². The van der Waals surface area contributed by atoms with E-state index in [1.807, 2.05) is 66.0 Å². The van der Waals surface area contributed by atoms with Crippen molar-refractivity contribution >= 4 is 17.7 Å². The highest BCUT2D eigenvalue weighted by Gasteiger charge is 2.47. The predicted octanol–water partition coefficient (Wildman–Crippen LogP) is 3.65.